The van der Waals surface area contributed by atoms with Crippen LogP contribution in [0.15, 0.2) is 27.4 Å². The van der Waals surface area contributed by atoms with Crippen molar-refractivity contribution in [1.82, 2.24) is 15.2 Å². The maximum absolute atomic E-state index is 11.2. The minimum absolute atomic E-state index is 0.347. The molecule has 1 aromatic carbocycles. The summed E-state index contributed by atoms with van der Waals surface area (Å²) in [4.78, 5) is 16.1. The van der Waals surface area contributed by atoms with Gasteiger partial charge in [0.05, 0.1) is 5.52 Å². The van der Waals surface area contributed by atoms with Gasteiger partial charge in [-0.15, -0.1) is 0 Å². The summed E-state index contributed by atoms with van der Waals surface area (Å²) >= 11 is 0. The summed E-state index contributed by atoms with van der Waals surface area (Å²) in [6.45, 7) is 2.12. The maximum atomic E-state index is 11.2. The molecule has 19 heavy (non-hydrogen) atoms. The van der Waals surface area contributed by atoms with Crippen molar-refractivity contribution >= 4 is 11.1 Å². The zero-order valence-corrected chi connectivity index (χ0v) is 11.3. The van der Waals surface area contributed by atoms with Gasteiger partial charge in [-0.05, 0) is 57.2 Å². The zero-order valence-electron chi connectivity index (χ0n) is 11.3. The van der Waals surface area contributed by atoms with Crippen molar-refractivity contribution in [2.45, 2.75) is 12.5 Å². The van der Waals surface area contributed by atoms with Crippen LogP contribution < -0.4 is 11.1 Å². The fourth-order valence-electron chi connectivity index (χ4n) is 3.08. The van der Waals surface area contributed by atoms with E-state index >= 15 is 0 Å². The molecule has 0 aliphatic carbocycles. The Morgan fingerprint density at radius 3 is 2.95 bits per heavy atom. The number of rotatable bonds is 3. The van der Waals surface area contributed by atoms with Crippen LogP contribution in [0.5, 0.6) is 0 Å². The molecule has 0 amide bonds. The quantitative estimate of drug-likeness (QED) is 0.875. The van der Waals surface area contributed by atoms with Crippen molar-refractivity contribution in [1.29, 1.82) is 0 Å². The van der Waals surface area contributed by atoms with Crippen molar-refractivity contribution in [3.63, 3.8) is 0 Å². The van der Waals surface area contributed by atoms with Crippen molar-refractivity contribution in [2.24, 2.45) is 5.92 Å². The number of H-pyrrole nitrogens is 1. The number of hydrogen-bond acceptors (Lipinski definition) is 4. The summed E-state index contributed by atoms with van der Waals surface area (Å²) < 4.78 is 5.16. The summed E-state index contributed by atoms with van der Waals surface area (Å²) in [6.07, 6.45) is 1.18. The van der Waals surface area contributed by atoms with Gasteiger partial charge in [0.1, 0.15) is 0 Å². The summed E-state index contributed by atoms with van der Waals surface area (Å²) in [5, 5.41) is 3.41. The van der Waals surface area contributed by atoms with Gasteiger partial charge in [-0.3, -0.25) is 4.98 Å². The molecule has 2 unspecified atom stereocenters. The smallest absolute Gasteiger partial charge is 0.408 e. The van der Waals surface area contributed by atoms with E-state index in [0.29, 0.717) is 17.5 Å². The number of hydrogen-bond donors (Lipinski definition) is 2. The fourth-order valence-corrected chi connectivity index (χ4v) is 3.08. The minimum atomic E-state index is -0.393. The minimum Gasteiger partial charge on any atom is -0.408 e. The largest absolute Gasteiger partial charge is 0.417 e. The van der Waals surface area contributed by atoms with Crippen LogP contribution in [0.1, 0.15) is 18.0 Å². The molecule has 1 fully saturated rings. The molecule has 1 aromatic heterocycles. The second-order valence-corrected chi connectivity index (χ2v) is 5.43. The van der Waals surface area contributed by atoms with Crippen LogP contribution in [0, 0.1) is 5.92 Å². The van der Waals surface area contributed by atoms with Gasteiger partial charge in [0.2, 0.25) is 0 Å². The van der Waals surface area contributed by atoms with E-state index < -0.39 is 5.76 Å². The monoisotopic (exact) mass is 261 g/mol. The molecule has 2 N–H and O–H groups in total. The molecule has 3 rings (SSSR count). The Bertz CT molecular complexity index is 623. The van der Waals surface area contributed by atoms with E-state index in [2.05, 4.69) is 35.4 Å². The lowest BCUT2D eigenvalue weighted by molar-refractivity contribution is 0.223. The number of aromatic nitrogens is 1. The lowest BCUT2D eigenvalue weighted by Gasteiger charge is -2.29. The van der Waals surface area contributed by atoms with E-state index in [0.717, 1.165) is 18.6 Å². The molecule has 1 aliphatic heterocycles. The number of aromatic amines is 1. The molecule has 5 heteroatoms. The van der Waals surface area contributed by atoms with Crippen LogP contribution >= 0.6 is 0 Å². The highest BCUT2D eigenvalue weighted by Crippen LogP contribution is 2.32. The van der Waals surface area contributed by atoms with Crippen LogP contribution in [0.3, 0.4) is 0 Å². The van der Waals surface area contributed by atoms with Gasteiger partial charge in [-0.25, -0.2) is 4.79 Å². The van der Waals surface area contributed by atoms with E-state index in [1.165, 1.54) is 12.0 Å². The molecule has 2 aromatic rings. The van der Waals surface area contributed by atoms with Crippen LogP contribution in [0.4, 0.5) is 0 Å². The SMILES string of the molecule is CN(C)C(c1ccc2[nH]c(=O)oc2c1)C1CCNC1. The predicted molar refractivity (Wildman–Crippen MR) is 74.2 cm³/mol. The summed E-state index contributed by atoms with van der Waals surface area (Å²) in [5.74, 6) is 0.203. The van der Waals surface area contributed by atoms with E-state index in [-0.39, 0.29) is 0 Å². The molecule has 2 atom stereocenters. The number of nitrogens with zero attached hydrogens (tertiary/aromatic N) is 1. The standard InChI is InChI=1S/C14H19N3O2/c1-17(2)13(10-5-6-15-8-10)9-3-4-11-12(7-9)19-14(18)16-11/h3-4,7,10,13,15H,5-6,8H2,1-2H3,(H,16,18). The average molecular weight is 261 g/mol. The van der Waals surface area contributed by atoms with Crippen molar-refractivity contribution in [3.05, 3.63) is 34.3 Å². The third-order valence-corrected chi connectivity index (χ3v) is 3.89. The Hall–Kier alpha value is -1.59. The normalized spacial score (nSPS) is 21.3. The van der Waals surface area contributed by atoms with Gasteiger partial charge in [-0.2, -0.15) is 0 Å². The maximum Gasteiger partial charge on any atom is 0.417 e. The topological polar surface area (TPSA) is 61.3 Å². The van der Waals surface area contributed by atoms with Gasteiger partial charge in [0.15, 0.2) is 5.58 Å². The number of fused-ring (bicyclic) bond motifs is 1. The summed E-state index contributed by atoms with van der Waals surface area (Å²) in [7, 11) is 4.20. The Labute approximate surface area is 111 Å². The lowest BCUT2D eigenvalue weighted by atomic mass is 9.91. The van der Waals surface area contributed by atoms with Crippen molar-refractivity contribution in [2.75, 3.05) is 27.2 Å². The van der Waals surface area contributed by atoms with E-state index in [1.54, 1.807) is 0 Å². The highest BCUT2D eigenvalue weighted by molar-refractivity contribution is 5.72. The molecule has 5 nitrogen and oxygen atoms in total. The molecule has 0 radical (unpaired) electrons. The average Bonchev–Trinajstić information content (AvgIpc) is 2.96. The second kappa shape index (κ2) is 4.83. The Balaban J connectivity index is 2.01. The van der Waals surface area contributed by atoms with Gasteiger partial charge in [0.25, 0.3) is 0 Å². The first-order chi connectivity index (χ1) is 9.15. The highest BCUT2D eigenvalue weighted by atomic mass is 16.4. The Morgan fingerprint density at radius 1 is 1.42 bits per heavy atom. The van der Waals surface area contributed by atoms with Crippen LogP contribution in [-0.4, -0.2) is 37.1 Å². The van der Waals surface area contributed by atoms with E-state index in [1.807, 2.05) is 12.1 Å². The fraction of sp³-hybridized carbons (Fsp3) is 0.500. The molecule has 0 spiro atoms. The molecule has 1 aliphatic rings. The van der Waals surface area contributed by atoms with Crippen LogP contribution in [0.2, 0.25) is 0 Å². The van der Waals surface area contributed by atoms with E-state index in [9.17, 15) is 4.79 Å². The van der Waals surface area contributed by atoms with Gasteiger partial charge >= 0.3 is 5.76 Å². The second-order valence-electron chi connectivity index (χ2n) is 5.43. The van der Waals surface area contributed by atoms with Crippen molar-refractivity contribution in [3.8, 4) is 0 Å². The molecule has 0 bridgehead atoms. The molecule has 0 saturated carbocycles. The molecular weight excluding hydrogens is 242 g/mol. The Kier molecular flexibility index (Phi) is 3.16. The van der Waals surface area contributed by atoms with Crippen molar-refractivity contribution < 1.29 is 4.42 Å². The number of nitrogens with one attached hydrogen (secondary N) is 2. The first-order valence-corrected chi connectivity index (χ1v) is 6.65. The lowest BCUT2D eigenvalue weighted by Crippen LogP contribution is -2.28. The molecule has 2 heterocycles. The first kappa shape index (κ1) is 12.4. The van der Waals surface area contributed by atoms with Gasteiger partial charge in [-0.1, -0.05) is 6.07 Å². The molecule has 102 valence electrons. The molecule has 1 saturated heterocycles. The predicted octanol–water partition coefficient (Wildman–Crippen LogP) is 1.33. The number of benzene rings is 1. The van der Waals surface area contributed by atoms with Crippen LogP contribution in [0.25, 0.3) is 11.1 Å². The van der Waals surface area contributed by atoms with Gasteiger partial charge in [0, 0.05) is 6.04 Å². The first-order valence-electron chi connectivity index (χ1n) is 6.65. The number of oxazole rings is 1. The molecular formula is C14H19N3O2. The third kappa shape index (κ3) is 2.31. The summed E-state index contributed by atoms with van der Waals surface area (Å²) in [6, 6.07) is 6.33. The Morgan fingerprint density at radius 2 is 2.26 bits per heavy atom. The zero-order chi connectivity index (χ0) is 13.4. The van der Waals surface area contributed by atoms with Gasteiger partial charge < -0.3 is 14.6 Å². The van der Waals surface area contributed by atoms with E-state index in [4.69, 9.17) is 4.42 Å². The van der Waals surface area contributed by atoms with Crippen LogP contribution in [-0.2, 0) is 0 Å². The summed E-state index contributed by atoms with van der Waals surface area (Å²) in [5.41, 5.74) is 2.60. The highest BCUT2D eigenvalue weighted by Gasteiger charge is 2.28. The third-order valence-electron chi connectivity index (χ3n) is 3.89.